The van der Waals surface area contributed by atoms with E-state index in [1.54, 1.807) is 6.07 Å². The molecule has 0 spiro atoms. The average Bonchev–Trinajstić information content (AvgIpc) is 2.55. The number of hydrogen-bond donors (Lipinski definition) is 1. The van der Waals surface area contributed by atoms with Gasteiger partial charge in [-0.25, -0.2) is 0 Å². The van der Waals surface area contributed by atoms with Crippen LogP contribution < -0.4 is 4.74 Å². The summed E-state index contributed by atoms with van der Waals surface area (Å²) in [5.41, 5.74) is -0.0804. The van der Waals surface area contributed by atoms with E-state index in [2.05, 4.69) is 6.92 Å². The number of aliphatic hydroxyl groups excluding tert-OH is 1. The van der Waals surface area contributed by atoms with Crippen molar-refractivity contribution in [3.05, 3.63) is 29.3 Å². The van der Waals surface area contributed by atoms with Crippen LogP contribution in [0.15, 0.2) is 18.2 Å². The van der Waals surface area contributed by atoms with Crippen LogP contribution in [0.2, 0.25) is 0 Å². The predicted molar refractivity (Wildman–Crippen MR) is 90.3 cm³/mol. The Morgan fingerprint density at radius 3 is 2.46 bits per heavy atom. The maximum Gasteiger partial charge on any atom is 0.419 e. The highest BCUT2D eigenvalue weighted by Gasteiger charge is 2.34. The number of unbranched alkanes of at least 4 members (excludes halogenated alkanes) is 4. The summed E-state index contributed by atoms with van der Waals surface area (Å²) in [5.74, 6) is -0.00432. The van der Waals surface area contributed by atoms with Gasteiger partial charge >= 0.3 is 6.18 Å². The summed E-state index contributed by atoms with van der Waals surface area (Å²) in [6.45, 7) is 4.36. The zero-order valence-corrected chi connectivity index (χ0v) is 14.7. The van der Waals surface area contributed by atoms with Crippen LogP contribution >= 0.6 is 0 Å². The molecule has 0 fully saturated rings. The number of hydrogen-bond acceptors (Lipinski definition) is 2. The topological polar surface area (TPSA) is 29.5 Å². The Morgan fingerprint density at radius 1 is 1.12 bits per heavy atom. The molecule has 0 aliphatic rings. The molecule has 0 aliphatic heterocycles. The van der Waals surface area contributed by atoms with Crippen molar-refractivity contribution in [1.29, 1.82) is 0 Å². The van der Waals surface area contributed by atoms with Crippen molar-refractivity contribution in [2.45, 2.75) is 65.0 Å². The summed E-state index contributed by atoms with van der Waals surface area (Å²) >= 11 is 0. The van der Waals surface area contributed by atoms with Gasteiger partial charge in [-0.05, 0) is 42.9 Å². The quantitative estimate of drug-likeness (QED) is 0.527. The van der Waals surface area contributed by atoms with Crippen LogP contribution in [0.3, 0.4) is 0 Å². The Hall–Kier alpha value is -1.23. The number of aryl methyl sites for hydroxylation is 1. The molecule has 24 heavy (non-hydrogen) atoms. The number of alkyl halides is 3. The largest absolute Gasteiger partial charge is 0.493 e. The molecule has 1 atom stereocenters. The molecule has 0 saturated carbocycles. The molecule has 1 unspecified atom stereocenters. The first kappa shape index (κ1) is 20.8. The highest BCUT2D eigenvalue weighted by molar-refractivity contribution is 5.39. The van der Waals surface area contributed by atoms with E-state index in [-0.39, 0.29) is 18.3 Å². The Kier molecular flexibility index (Phi) is 9.19. The van der Waals surface area contributed by atoms with E-state index in [0.29, 0.717) is 25.0 Å². The van der Waals surface area contributed by atoms with Gasteiger partial charge in [-0.3, -0.25) is 0 Å². The van der Waals surface area contributed by atoms with Gasteiger partial charge < -0.3 is 9.84 Å². The lowest BCUT2D eigenvalue weighted by Gasteiger charge is -2.16. The van der Waals surface area contributed by atoms with Crippen molar-refractivity contribution in [2.75, 3.05) is 13.2 Å². The van der Waals surface area contributed by atoms with Crippen LogP contribution in [0.25, 0.3) is 0 Å². The predicted octanol–water partition coefficient (Wildman–Crippen LogP) is 5.62. The molecule has 1 rings (SSSR count). The summed E-state index contributed by atoms with van der Waals surface area (Å²) in [4.78, 5) is 0. The summed E-state index contributed by atoms with van der Waals surface area (Å²) in [6, 6.07) is 4.29. The molecule has 0 radical (unpaired) electrons. The number of benzene rings is 1. The molecule has 1 N–H and O–H groups in total. The van der Waals surface area contributed by atoms with E-state index in [1.165, 1.54) is 12.1 Å². The molecule has 138 valence electrons. The van der Waals surface area contributed by atoms with Crippen LogP contribution in [0.5, 0.6) is 5.75 Å². The van der Waals surface area contributed by atoms with Crippen molar-refractivity contribution in [3.8, 4) is 5.75 Å². The fourth-order valence-electron chi connectivity index (χ4n) is 2.47. The summed E-state index contributed by atoms with van der Waals surface area (Å²) in [5, 5.41) is 9.02. The minimum atomic E-state index is -4.42. The molecule has 0 heterocycles. The standard InChI is InChI=1S/C19H29F3O2/c1-3-4-5-6-7-12-24-18-11-10-16(9-8-15(2)14-23)13-17(18)19(20,21)22/h10-11,13,15,23H,3-9,12,14H2,1-2H3. The number of ether oxygens (including phenoxy) is 1. The highest BCUT2D eigenvalue weighted by atomic mass is 19.4. The molecule has 2 nitrogen and oxygen atoms in total. The molecule has 5 heteroatoms. The third kappa shape index (κ3) is 7.56. The Bertz CT molecular complexity index is 472. The second kappa shape index (κ2) is 10.6. The smallest absolute Gasteiger partial charge is 0.419 e. The fourth-order valence-corrected chi connectivity index (χ4v) is 2.47. The summed E-state index contributed by atoms with van der Waals surface area (Å²) in [7, 11) is 0. The molecule has 0 aromatic heterocycles. The van der Waals surface area contributed by atoms with Gasteiger partial charge in [0, 0.05) is 6.61 Å². The van der Waals surface area contributed by atoms with Gasteiger partial charge in [0.05, 0.1) is 12.2 Å². The molecule has 1 aromatic rings. The van der Waals surface area contributed by atoms with Crippen LogP contribution in [-0.4, -0.2) is 18.3 Å². The normalized spacial score (nSPS) is 13.1. The van der Waals surface area contributed by atoms with Crippen LogP contribution in [0.1, 0.15) is 63.5 Å². The van der Waals surface area contributed by atoms with Gasteiger partial charge in [0.25, 0.3) is 0 Å². The van der Waals surface area contributed by atoms with Crippen LogP contribution in [0.4, 0.5) is 13.2 Å². The number of rotatable bonds is 11. The zero-order chi connectivity index (χ0) is 18.0. The van der Waals surface area contributed by atoms with Gasteiger partial charge in [0.1, 0.15) is 5.75 Å². The van der Waals surface area contributed by atoms with Gasteiger partial charge in [-0.15, -0.1) is 0 Å². The molecule has 0 saturated heterocycles. The van der Waals surface area contributed by atoms with Crippen molar-refractivity contribution < 1.29 is 23.0 Å². The molecule has 0 amide bonds. The highest BCUT2D eigenvalue weighted by Crippen LogP contribution is 2.37. The summed E-state index contributed by atoms with van der Waals surface area (Å²) in [6.07, 6.45) is 1.88. The van der Waals surface area contributed by atoms with E-state index in [9.17, 15) is 13.2 Å². The maximum absolute atomic E-state index is 13.2. The molecular formula is C19H29F3O2. The monoisotopic (exact) mass is 346 g/mol. The Labute approximate surface area is 143 Å². The first-order valence-electron chi connectivity index (χ1n) is 8.82. The second-order valence-corrected chi connectivity index (χ2v) is 6.42. The minimum Gasteiger partial charge on any atom is -0.493 e. The van der Waals surface area contributed by atoms with E-state index >= 15 is 0 Å². The van der Waals surface area contributed by atoms with Crippen molar-refractivity contribution in [1.82, 2.24) is 0 Å². The first-order chi connectivity index (χ1) is 11.4. The second-order valence-electron chi connectivity index (χ2n) is 6.42. The minimum absolute atomic E-state index is 0.0470. The molecule has 1 aromatic carbocycles. The van der Waals surface area contributed by atoms with E-state index < -0.39 is 11.7 Å². The zero-order valence-electron chi connectivity index (χ0n) is 14.7. The Morgan fingerprint density at radius 2 is 1.83 bits per heavy atom. The van der Waals surface area contributed by atoms with E-state index in [1.807, 2.05) is 6.92 Å². The van der Waals surface area contributed by atoms with Crippen LogP contribution in [0, 0.1) is 5.92 Å². The van der Waals surface area contributed by atoms with Gasteiger partial charge in [-0.1, -0.05) is 45.6 Å². The SMILES string of the molecule is CCCCCCCOc1ccc(CCC(C)CO)cc1C(F)(F)F. The third-order valence-electron chi connectivity index (χ3n) is 4.09. The van der Waals surface area contributed by atoms with Crippen molar-refractivity contribution in [3.63, 3.8) is 0 Å². The van der Waals surface area contributed by atoms with Crippen molar-refractivity contribution >= 4 is 0 Å². The van der Waals surface area contributed by atoms with E-state index in [0.717, 1.165) is 32.1 Å². The van der Waals surface area contributed by atoms with Gasteiger partial charge in [-0.2, -0.15) is 13.2 Å². The molecule has 0 aliphatic carbocycles. The number of aliphatic hydroxyl groups is 1. The van der Waals surface area contributed by atoms with Crippen molar-refractivity contribution in [2.24, 2.45) is 5.92 Å². The maximum atomic E-state index is 13.2. The van der Waals surface area contributed by atoms with Gasteiger partial charge in [0.2, 0.25) is 0 Å². The molecular weight excluding hydrogens is 317 g/mol. The third-order valence-corrected chi connectivity index (χ3v) is 4.09. The van der Waals surface area contributed by atoms with Gasteiger partial charge in [0.15, 0.2) is 0 Å². The first-order valence-corrected chi connectivity index (χ1v) is 8.82. The lowest BCUT2D eigenvalue weighted by molar-refractivity contribution is -0.139. The van der Waals surface area contributed by atoms with E-state index in [4.69, 9.17) is 9.84 Å². The number of halogens is 3. The van der Waals surface area contributed by atoms with Crippen LogP contribution in [-0.2, 0) is 12.6 Å². The lowest BCUT2D eigenvalue weighted by Crippen LogP contribution is -2.11. The Balaban J connectivity index is 2.66. The summed E-state index contributed by atoms with van der Waals surface area (Å²) < 4.78 is 45.1. The lowest BCUT2D eigenvalue weighted by atomic mass is 10.00. The average molecular weight is 346 g/mol. The fraction of sp³-hybridized carbons (Fsp3) is 0.684. The molecule has 0 bridgehead atoms.